The second-order valence-electron chi connectivity index (χ2n) is 5.21. The van der Waals surface area contributed by atoms with Crippen LogP contribution in [0.2, 0.25) is 0 Å². The van der Waals surface area contributed by atoms with Crippen molar-refractivity contribution >= 4 is 0 Å². The molecule has 1 saturated carbocycles. The number of hydrogen-bond donors (Lipinski definition) is 0. The molecular weight excluding hydrogens is 218 g/mol. The summed E-state index contributed by atoms with van der Waals surface area (Å²) in [5, 5.41) is 0. The van der Waals surface area contributed by atoms with Crippen LogP contribution in [-0.4, -0.2) is 4.98 Å². The molecule has 3 rings (SSSR count). The molecule has 2 aliphatic rings. The first-order valence-corrected chi connectivity index (χ1v) is 7.88. The van der Waals surface area contributed by atoms with Crippen molar-refractivity contribution in [2.75, 3.05) is 0 Å². The highest BCUT2D eigenvalue weighted by Gasteiger charge is 2.30. The van der Waals surface area contributed by atoms with Crippen LogP contribution in [0.4, 0.5) is 0 Å². The molecule has 100 valence electrons. The van der Waals surface area contributed by atoms with Crippen molar-refractivity contribution in [1.82, 2.24) is 4.98 Å². The third kappa shape index (κ3) is 2.32. The van der Waals surface area contributed by atoms with Crippen LogP contribution in [0.25, 0.3) is 0 Å². The van der Waals surface area contributed by atoms with E-state index in [1.165, 1.54) is 56.3 Å². The van der Waals surface area contributed by atoms with Gasteiger partial charge in [-0.2, -0.15) is 0 Å². The topological polar surface area (TPSA) is 12.9 Å². The van der Waals surface area contributed by atoms with Gasteiger partial charge in [0.15, 0.2) is 0 Å². The van der Waals surface area contributed by atoms with Crippen LogP contribution < -0.4 is 0 Å². The molecule has 0 atom stereocenters. The first-order valence-electron chi connectivity index (χ1n) is 7.88. The van der Waals surface area contributed by atoms with E-state index in [9.17, 15) is 0 Å². The van der Waals surface area contributed by atoms with E-state index >= 15 is 0 Å². The second kappa shape index (κ2) is 5.86. The number of aryl methyl sites for hydroxylation is 1. The highest BCUT2D eigenvalue weighted by Crippen LogP contribution is 2.43. The Balaban J connectivity index is 0.000000574. The smallest absolute Gasteiger partial charge is 0.0472 e. The molecular formula is C17H27N. The standard InChI is InChI=1S/C15H21N.C2H6/c1-3-11-12(4-2)15(10-8-9-10)16-14-7-5-6-13(11)14;1-2/h10H,3-9H2,1-2H3;1-2H3. The van der Waals surface area contributed by atoms with Gasteiger partial charge in [0.2, 0.25) is 0 Å². The Kier molecular flexibility index (Phi) is 4.42. The van der Waals surface area contributed by atoms with Crippen molar-refractivity contribution in [1.29, 1.82) is 0 Å². The molecule has 0 spiro atoms. The van der Waals surface area contributed by atoms with Crippen LogP contribution >= 0.6 is 0 Å². The summed E-state index contributed by atoms with van der Waals surface area (Å²) in [5.41, 5.74) is 7.79. The molecule has 1 aromatic heterocycles. The van der Waals surface area contributed by atoms with Gasteiger partial charge in [-0.15, -0.1) is 0 Å². The van der Waals surface area contributed by atoms with Gasteiger partial charge in [-0.3, -0.25) is 4.98 Å². The molecule has 0 bridgehead atoms. The molecule has 0 saturated heterocycles. The van der Waals surface area contributed by atoms with Gasteiger partial charge in [0.05, 0.1) is 0 Å². The van der Waals surface area contributed by atoms with Crippen LogP contribution in [0, 0.1) is 0 Å². The SMILES string of the molecule is CC.CCc1c(C2CC2)nc2c(c1CC)CCC2. The zero-order chi connectivity index (χ0) is 13.1. The van der Waals surface area contributed by atoms with Gasteiger partial charge in [0, 0.05) is 17.3 Å². The van der Waals surface area contributed by atoms with E-state index in [0.29, 0.717) is 0 Å². The quantitative estimate of drug-likeness (QED) is 0.758. The second-order valence-corrected chi connectivity index (χ2v) is 5.21. The van der Waals surface area contributed by atoms with Gasteiger partial charge >= 0.3 is 0 Å². The van der Waals surface area contributed by atoms with E-state index in [1.54, 1.807) is 16.7 Å². The summed E-state index contributed by atoms with van der Waals surface area (Å²) >= 11 is 0. The zero-order valence-electron chi connectivity index (χ0n) is 12.5. The maximum atomic E-state index is 4.99. The van der Waals surface area contributed by atoms with Gasteiger partial charge in [-0.25, -0.2) is 0 Å². The van der Waals surface area contributed by atoms with Crippen molar-refractivity contribution in [3.05, 3.63) is 28.1 Å². The van der Waals surface area contributed by atoms with Crippen molar-refractivity contribution in [3.8, 4) is 0 Å². The normalized spacial score (nSPS) is 17.1. The molecule has 0 aromatic carbocycles. The fourth-order valence-corrected chi connectivity index (χ4v) is 3.24. The summed E-state index contributed by atoms with van der Waals surface area (Å²) in [5.74, 6) is 0.811. The molecule has 1 heterocycles. The molecule has 1 heteroatoms. The minimum absolute atomic E-state index is 0.811. The maximum absolute atomic E-state index is 4.99. The van der Waals surface area contributed by atoms with Crippen molar-refractivity contribution in [2.24, 2.45) is 0 Å². The van der Waals surface area contributed by atoms with Gasteiger partial charge in [0.25, 0.3) is 0 Å². The molecule has 0 unspecified atom stereocenters. The first-order chi connectivity index (χ1) is 8.85. The van der Waals surface area contributed by atoms with E-state index in [1.807, 2.05) is 13.8 Å². The lowest BCUT2D eigenvalue weighted by Crippen LogP contribution is -2.06. The molecule has 0 radical (unpaired) electrons. The predicted octanol–water partition coefficient (Wildman–Crippen LogP) is 4.60. The van der Waals surface area contributed by atoms with E-state index < -0.39 is 0 Å². The van der Waals surface area contributed by atoms with E-state index in [2.05, 4.69) is 13.8 Å². The lowest BCUT2D eigenvalue weighted by Gasteiger charge is -2.16. The molecule has 0 N–H and O–H groups in total. The van der Waals surface area contributed by atoms with Crippen molar-refractivity contribution in [2.45, 2.75) is 78.6 Å². The fourth-order valence-electron chi connectivity index (χ4n) is 3.24. The van der Waals surface area contributed by atoms with E-state index in [4.69, 9.17) is 4.98 Å². The Morgan fingerprint density at radius 2 is 1.67 bits per heavy atom. The number of pyridine rings is 1. The fraction of sp³-hybridized carbons (Fsp3) is 0.706. The highest BCUT2D eigenvalue weighted by atomic mass is 14.8. The Morgan fingerprint density at radius 3 is 2.22 bits per heavy atom. The van der Waals surface area contributed by atoms with Crippen LogP contribution in [0.1, 0.15) is 81.0 Å². The summed E-state index contributed by atoms with van der Waals surface area (Å²) < 4.78 is 0. The van der Waals surface area contributed by atoms with Crippen molar-refractivity contribution < 1.29 is 0 Å². The minimum atomic E-state index is 0.811. The van der Waals surface area contributed by atoms with Crippen LogP contribution in [0.15, 0.2) is 0 Å². The number of nitrogens with zero attached hydrogens (tertiary/aromatic N) is 1. The van der Waals surface area contributed by atoms with Crippen LogP contribution in [-0.2, 0) is 25.7 Å². The molecule has 1 aromatic rings. The number of rotatable bonds is 3. The zero-order valence-corrected chi connectivity index (χ0v) is 12.5. The summed E-state index contributed by atoms with van der Waals surface area (Å²) in [6.07, 6.45) is 8.97. The lowest BCUT2D eigenvalue weighted by atomic mass is 9.94. The number of aromatic nitrogens is 1. The molecule has 1 nitrogen and oxygen atoms in total. The Morgan fingerprint density at radius 1 is 1.00 bits per heavy atom. The molecule has 0 amide bonds. The van der Waals surface area contributed by atoms with Gasteiger partial charge in [-0.05, 0) is 61.6 Å². The number of hydrogen-bond acceptors (Lipinski definition) is 1. The number of fused-ring (bicyclic) bond motifs is 1. The molecule has 18 heavy (non-hydrogen) atoms. The third-order valence-electron chi connectivity index (χ3n) is 4.15. The molecule has 0 aliphatic heterocycles. The van der Waals surface area contributed by atoms with Gasteiger partial charge in [-0.1, -0.05) is 27.7 Å². The third-order valence-corrected chi connectivity index (χ3v) is 4.15. The van der Waals surface area contributed by atoms with Crippen LogP contribution in [0.5, 0.6) is 0 Å². The Labute approximate surface area is 112 Å². The highest BCUT2D eigenvalue weighted by molar-refractivity contribution is 5.45. The maximum Gasteiger partial charge on any atom is 0.0472 e. The average molecular weight is 245 g/mol. The largest absolute Gasteiger partial charge is 0.257 e. The summed E-state index contributed by atoms with van der Waals surface area (Å²) in [6.45, 7) is 8.60. The lowest BCUT2D eigenvalue weighted by molar-refractivity contribution is 0.878. The summed E-state index contributed by atoms with van der Waals surface area (Å²) in [6, 6.07) is 0. The predicted molar refractivity (Wildman–Crippen MR) is 78.3 cm³/mol. The van der Waals surface area contributed by atoms with Gasteiger partial charge in [0.1, 0.15) is 0 Å². The molecule has 1 fully saturated rings. The van der Waals surface area contributed by atoms with E-state index in [0.717, 1.165) is 5.92 Å². The summed E-state index contributed by atoms with van der Waals surface area (Å²) in [7, 11) is 0. The first kappa shape index (κ1) is 13.6. The van der Waals surface area contributed by atoms with E-state index in [-0.39, 0.29) is 0 Å². The average Bonchev–Trinajstić information content (AvgIpc) is 3.17. The Hall–Kier alpha value is -0.850. The van der Waals surface area contributed by atoms with Gasteiger partial charge < -0.3 is 0 Å². The molecule has 2 aliphatic carbocycles. The van der Waals surface area contributed by atoms with Crippen LogP contribution in [0.3, 0.4) is 0 Å². The Bertz CT molecular complexity index is 416. The minimum Gasteiger partial charge on any atom is -0.257 e. The van der Waals surface area contributed by atoms with Crippen molar-refractivity contribution in [3.63, 3.8) is 0 Å². The summed E-state index contributed by atoms with van der Waals surface area (Å²) in [4.78, 5) is 4.99. The monoisotopic (exact) mass is 245 g/mol.